The van der Waals surface area contributed by atoms with Crippen LogP contribution < -0.4 is 14.4 Å². The molecule has 0 saturated heterocycles. The van der Waals surface area contributed by atoms with E-state index >= 15 is 0 Å². The summed E-state index contributed by atoms with van der Waals surface area (Å²) >= 11 is 0. The van der Waals surface area contributed by atoms with Crippen molar-refractivity contribution in [2.24, 2.45) is 4.99 Å². The first kappa shape index (κ1) is 19.0. The number of pyridine rings is 1. The molecule has 0 saturated carbocycles. The lowest BCUT2D eigenvalue weighted by Crippen LogP contribution is -2.38. The summed E-state index contributed by atoms with van der Waals surface area (Å²) in [7, 11) is 2.97. The molecule has 0 fully saturated rings. The molecule has 1 unspecified atom stereocenters. The van der Waals surface area contributed by atoms with Crippen LogP contribution in [0.4, 0.5) is 19.0 Å². The van der Waals surface area contributed by atoms with E-state index in [1.165, 1.54) is 26.4 Å². The summed E-state index contributed by atoms with van der Waals surface area (Å²) in [4.78, 5) is 10.7. The number of aliphatic imine (C=N–C) groups is 1. The van der Waals surface area contributed by atoms with E-state index in [1.54, 1.807) is 24.1 Å². The van der Waals surface area contributed by atoms with Crippen LogP contribution in [0, 0.1) is 5.82 Å². The Labute approximate surface area is 155 Å². The van der Waals surface area contributed by atoms with Gasteiger partial charge in [-0.1, -0.05) is 18.2 Å². The molecule has 144 valence electrons. The summed E-state index contributed by atoms with van der Waals surface area (Å²) < 4.78 is 51.4. The van der Waals surface area contributed by atoms with Crippen molar-refractivity contribution >= 4 is 12.0 Å². The number of halogens is 3. The Balaban J connectivity index is 2.10. The number of fused-ring (bicyclic) bond motifs is 1. The van der Waals surface area contributed by atoms with Crippen LogP contribution in [0.15, 0.2) is 29.3 Å². The number of anilines is 1. The number of hydrogen-bond donors (Lipinski definition) is 0. The first-order valence-electron chi connectivity index (χ1n) is 8.40. The van der Waals surface area contributed by atoms with Crippen LogP contribution in [0.2, 0.25) is 0 Å². The van der Waals surface area contributed by atoms with E-state index in [2.05, 4.69) is 9.98 Å². The predicted molar refractivity (Wildman–Crippen MR) is 96.6 cm³/mol. The van der Waals surface area contributed by atoms with Crippen LogP contribution in [0.3, 0.4) is 0 Å². The molecule has 0 aliphatic carbocycles. The van der Waals surface area contributed by atoms with Gasteiger partial charge in [0, 0.05) is 17.3 Å². The Bertz CT molecular complexity index is 874. The van der Waals surface area contributed by atoms with Gasteiger partial charge in [-0.05, 0) is 19.9 Å². The second-order valence-electron chi connectivity index (χ2n) is 6.16. The minimum absolute atomic E-state index is 0.152. The molecule has 3 rings (SSSR count). The molecule has 0 radical (unpaired) electrons. The Morgan fingerprint density at radius 3 is 2.48 bits per heavy atom. The first-order chi connectivity index (χ1) is 12.9. The molecule has 1 aromatic carbocycles. The number of rotatable bonds is 5. The minimum atomic E-state index is -2.89. The van der Waals surface area contributed by atoms with Crippen molar-refractivity contribution in [3.8, 4) is 11.6 Å². The van der Waals surface area contributed by atoms with Gasteiger partial charge >= 0.3 is 0 Å². The summed E-state index contributed by atoms with van der Waals surface area (Å²) in [5.74, 6) is 0.321. The van der Waals surface area contributed by atoms with Gasteiger partial charge in [0.15, 0.2) is 5.75 Å². The van der Waals surface area contributed by atoms with Crippen molar-refractivity contribution in [3.05, 3.63) is 46.8 Å². The van der Waals surface area contributed by atoms with Crippen LogP contribution in [-0.2, 0) is 0 Å². The van der Waals surface area contributed by atoms with Gasteiger partial charge in [-0.15, -0.1) is 0 Å². The van der Waals surface area contributed by atoms with Crippen LogP contribution in [0.1, 0.15) is 43.0 Å². The molecular formula is C19H20F3N3O2. The fourth-order valence-electron chi connectivity index (χ4n) is 3.23. The molecule has 2 aromatic rings. The zero-order valence-electron chi connectivity index (χ0n) is 15.4. The van der Waals surface area contributed by atoms with Crippen LogP contribution in [0.5, 0.6) is 11.6 Å². The van der Waals surface area contributed by atoms with E-state index in [1.807, 2.05) is 6.92 Å². The maximum absolute atomic E-state index is 14.7. The molecule has 27 heavy (non-hydrogen) atoms. The highest BCUT2D eigenvalue weighted by atomic mass is 19.3. The van der Waals surface area contributed by atoms with Crippen molar-refractivity contribution < 1.29 is 22.6 Å². The van der Waals surface area contributed by atoms with E-state index in [-0.39, 0.29) is 17.6 Å². The van der Waals surface area contributed by atoms with E-state index in [0.717, 1.165) is 6.07 Å². The lowest BCUT2D eigenvalue weighted by atomic mass is 10.0. The number of alkyl halides is 2. The molecule has 5 nitrogen and oxygen atoms in total. The van der Waals surface area contributed by atoms with Crippen molar-refractivity contribution in [1.29, 1.82) is 0 Å². The molecule has 0 N–H and O–H groups in total. The molecule has 2 heterocycles. The Kier molecular flexibility index (Phi) is 5.25. The third-order valence-corrected chi connectivity index (χ3v) is 4.61. The Morgan fingerprint density at radius 1 is 1.15 bits per heavy atom. The number of ether oxygens (including phenoxy) is 2. The first-order valence-corrected chi connectivity index (χ1v) is 8.40. The molecule has 1 aromatic heterocycles. The number of nitrogens with zero attached hydrogens (tertiary/aromatic N) is 3. The average molecular weight is 379 g/mol. The predicted octanol–water partition coefficient (Wildman–Crippen LogP) is 4.52. The quantitative estimate of drug-likeness (QED) is 0.766. The highest BCUT2D eigenvalue weighted by Gasteiger charge is 2.31. The summed E-state index contributed by atoms with van der Waals surface area (Å²) in [5.41, 5.74) is 0.204. The smallest absolute Gasteiger partial charge is 0.266 e. The van der Waals surface area contributed by atoms with Crippen molar-refractivity contribution in [2.45, 2.75) is 32.5 Å². The molecule has 0 amide bonds. The third kappa shape index (κ3) is 3.31. The summed E-state index contributed by atoms with van der Waals surface area (Å²) in [6.07, 6.45) is -1.60. The Morgan fingerprint density at radius 2 is 1.85 bits per heavy atom. The van der Waals surface area contributed by atoms with Gasteiger partial charge in [0.1, 0.15) is 17.8 Å². The molecule has 0 spiro atoms. The number of benzene rings is 1. The fraction of sp³-hybridized carbons (Fsp3) is 0.368. The molecular weight excluding hydrogens is 359 g/mol. The van der Waals surface area contributed by atoms with Gasteiger partial charge in [0.25, 0.3) is 12.3 Å². The zero-order chi connectivity index (χ0) is 19.7. The van der Waals surface area contributed by atoms with Gasteiger partial charge in [0.05, 0.1) is 25.8 Å². The van der Waals surface area contributed by atoms with Gasteiger partial charge in [-0.3, -0.25) is 4.99 Å². The SMILES string of the molecule is COc1cc2c(nc1OC)N(C(C)c1cccc(C(F)F)c1F)[C@H](C)N=C2. The van der Waals surface area contributed by atoms with E-state index in [4.69, 9.17) is 9.47 Å². The molecule has 1 aliphatic heterocycles. The highest BCUT2D eigenvalue weighted by Crippen LogP contribution is 2.39. The van der Waals surface area contributed by atoms with E-state index < -0.39 is 23.8 Å². The number of hydrogen-bond acceptors (Lipinski definition) is 5. The molecule has 0 bridgehead atoms. The maximum atomic E-state index is 14.7. The molecule has 2 atom stereocenters. The van der Waals surface area contributed by atoms with E-state index in [0.29, 0.717) is 17.1 Å². The van der Waals surface area contributed by atoms with Crippen molar-refractivity contribution in [1.82, 2.24) is 4.98 Å². The standard InChI is InChI=1S/C19H20F3N3O2/c1-10(13-6-5-7-14(16(13)20)17(21)22)25-11(2)23-9-12-8-15(26-3)19(27-4)24-18(12)25/h5-11,17H,1-4H3/t10?,11-/m1/s1. The third-order valence-electron chi connectivity index (χ3n) is 4.61. The van der Waals surface area contributed by atoms with Crippen LogP contribution >= 0.6 is 0 Å². The second kappa shape index (κ2) is 7.46. The molecule has 8 heteroatoms. The van der Waals surface area contributed by atoms with E-state index in [9.17, 15) is 13.2 Å². The normalized spacial score (nSPS) is 17.0. The van der Waals surface area contributed by atoms with Gasteiger partial charge in [0.2, 0.25) is 0 Å². The monoisotopic (exact) mass is 379 g/mol. The largest absolute Gasteiger partial charge is 0.491 e. The Hall–Kier alpha value is -2.77. The minimum Gasteiger partial charge on any atom is -0.491 e. The maximum Gasteiger partial charge on any atom is 0.266 e. The second-order valence-corrected chi connectivity index (χ2v) is 6.16. The van der Waals surface area contributed by atoms with Crippen molar-refractivity contribution in [3.63, 3.8) is 0 Å². The van der Waals surface area contributed by atoms with Crippen molar-refractivity contribution in [2.75, 3.05) is 19.1 Å². The van der Waals surface area contributed by atoms with Crippen LogP contribution in [0.25, 0.3) is 0 Å². The zero-order valence-corrected chi connectivity index (χ0v) is 15.4. The fourth-order valence-corrected chi connectivity index (χ4v) is 3.23. The van der Waals surface area contributed by atoms with Gasteiger partial charge in [-0.25, -0.2) is 13.2 Å². The summed E-state index contributed by atoms with van der Waals surface area (Å²) in [6.45, 7) is 3.55. The average Bonchev–Trinajstić information content (AvgIpc) is 2.66. The number of methoxy groups -OCH3 is 2. The molecule has 1 aliphatic rings. The topological polar surface area (TPSA) is 47.0 Å². The highest BCUT2D eigenvalue weighted by molar-refractivity contribution is 5.90. The lowest BCUT2D eigenvalue weighted by Gasteiger charge is -2.37. The summed E-state index contributed by atoms with van der Waals surface area (Å²) in [6, 6.07) is 5.16. The van der Waals surface area contributed by atoms with Gasteiger partial charge < -0.3 is 14.4 Å². The van der Waals surface area contributed by atoms with Crippen LogP contribution in [-0.4, -0.2) is 31.6 Å². The summed E-state index contributed by atoms with van der Waals surface area (Å²) in [5, 5.41) is 0. The lowest BCUT2D eigenvalue weighted by molar-refractivity contribution is 0.146. The number of aromatic nitrogens is 1. The van der Waals surface area contributed by atoms with Gasteiger partial charge in [-0.2, -0.15) is 4.98 Å².